The van der Waals surface area contributed by atoms with Gasteiger partial charge in [-0.05, 0) is 124 Å². The van der Waals surface area contributed by atoms with Gasteiger partial charge in [-0.15, -0.1) is 0 Å². The number of hydrogen-bond donors (Lipinski definition) is 2. The van der Waals surface area contributed by atoms with Gasteiger partial charge >= 0.3 is 6.09 Å². The molecule has 0 radical (unpaired) electrons. The zero-order valence-corrected chi connectivity index (χ0v) is 31.8. The van der Waals surface area contributed by atoms with Crippen LogP contribution in [0.1, 0.15) is 44.1 Å². The van der Waals surface area contributed by atoms with Crippen LogP contribution in [0, 0.1) is 23.6 Å². The maximum Gasteiger partial charge on any atom is 0.407 e. The molecule has 1 aliphatic carbocycles. The molecular formula is C41H51FN6O5S. The summed E-state index contributed by atoms with van der Waals surface area (Å²) in [6, 6.07) is 15.6. The number of likely N-dealkylation sites (tertiary alicyclic amines) is 2. The van der Waals surface area contributed by atoms with E-state index in [-0.39, 0.29) is 38.7 Å². The normalized spacial score (nSPS) is 22.4. The maximum absolute atomic E-state index is 15.0. The Morgan fingerprint density at radius 1 is 0.963 bits per heavy atom. The van der Waals surface area contributed by atoms with Gasteiger partial charge in [0.25, 0.3) is 0 Å². The predicted molar refractivity (Wildman–Crippen MR) is 206 cm³/mol. The van der Waals surface area contributed by atoms with Gasteiger partial charge in [-0.3, -0.25) is 9.78 Å². The number of nitrogens with zero attached hydrogens (tertiary/aromatic N) is 4. The van der Waals surface area contributed by atoms with Crippen LogP contribution in [0.3, 0.4) is 0 Å². The molecule has 1 saturated carbocycles. The molecule has 1 aromatic heterocycles. The zero-order chi connectivity index (χ0) is 37.9. The molecule has 0 bridgehead atoms. The first-order chi connectivity index (χ1) is 26.1. The lowest BCUT2D eigenvalue weighted by atomic mass is 9.57. The molecule has 7 rings (SSSR count). The van der Waals surface area contributed by atoms with Crippen molar-refractivity contribution in [3.8, 4) is 0 Å². The van der Waals surface area contributed by atoms with E-state index in [1.807, 2.05) is 18.2 Å². The van der Waals surface area contributed by atoms with Crippen LogP contribution in [0.5, 0.6) is 0 Å². The van der Waals surface area contributed by atoms with Crippen LogP contribution in [0.15, 0.2) is 89.4 Å². The van der Waals surface area contributed by atoms with Gasteiger partial charge in [0.1, 0.15) is 5.82 Å². The van der Waals surface area contributed by atoms with Crippen LogP contribution in [-0.2, 0) is 24.8 Å². The van der Waals surface area contributed by atoms with Crippen molar-refractivity contribution in [2.45, 2.75) is 59.8 Å². The van der Waals surface area contributed by atoms with Gasteiger partial charge in [0.05, 0.1) is 28.8 Å². The average Bonchev–Trinajstić information content (AvgIpc) is 3.61. The summed E-state index contributed by atoms with van der Waals surface area (Å²) in [4.78, 5) is 35.7. The number of piperidine rings is 1. The molecule has 4 fully saturated rings. The minimum Gasteiger partial charge on any atom is -0.453 e. The highest BCUT2D eigenvalue weighted by atomic mass is 32.2. The Kier molecular flexibility index (Phi) is 11.4. The Balaban J connectivity index is 0.990. The Morgan fingerprint density at radius 2 is 1.72 bits per heavy atom. The van der Waals surface area contributed by atoms with Gasteiger partial charge in [-0.2, -0.15) is 0 Å². The molecule has 3 aliphatic heterocycles. The molecule has 2 N–H and O–H groups in total. The van der Waals surface area contributed by atoms with E-state index in [1.165, 1.54) is 38.1 Å². The van der Waals surface area contributed by atoms with Gasteiger partial charge in [-0.1, -0.05) is 25.1 Å². The number of aromatic nitrogens is 1. The largest absolute Gasteiger partial charge is 0.453 e. The Labute approximate surface area is 317 Å². The van der Waals surface area contributed by atoms with E-state index in [4.69, 9.17) is 4.74 Å². The van der Waals surface area contributed by atoms with Crippen molar-refractivity contribution in [1.82, 2.24) is 20.1 Å². The second-order valence-corrected chi connectivity index (χ2v) is 17.4. The van der Waals surface area contributed by atoms with Gasteiger partial charge < -0.3 is 30.1 Å². The van der Waals surface area contributed by atoms with Crippen LogP contribution in [-0.4, -0.2) is 101 Å². The van der Waals surface area contributed by atoms with Crippen molar-refractivity contribution in [1.29, 1.82) is 0 Å². The molecule has 1 unspecified atom stereocenters. The number of ether oxygens (including phenoxy) is 1. The number of nitrogens with one attached hydrogen (secondary N) is 2. The third-order valence-corrected chi connectivity index (χ3v) is 14.0. The number of benzene rings is 2. The lowest BCUT2D eigenvalue weighted by Crippen LogP contribution is -2.60. The molecule has 54 heavy (non-hydrogen) atoms. The van der Waals surface area contributed by atoms with Crippen LogP contribution < -0.4 is 15.5 Å². The molecular weight excluding hydrogens is 708 g/mol. The van der Waals surface area contributed by atoms with Crippen molar-refractivity contribution in [2.24, 2.45) is 17.8 Å². The van der Waals surface area contributed by atoms with E-state index < -0.39 is 21.8 Å². The Hall–Kier alpha value is -4.33. The fourth-order valence-electron chi connectivity index (χ4n) is 9.43. The standard InChI is InChI=1S/C41H51FN6O5S/c1-3-39(49)44-33-22-36(24-43-23-33)54(51,52)35-13-11-34(12-14-35)48-26-29(27-48)25-46-19-15-30(16-20-46)41(28-47-17-6-18-47,31-7-4-8-32(42)21-31)37-9-5-10-38(37)45-40(50)53-2/h3-4,7-8,11-14,21-24,29-30,37-38H,1,5-6,9-10,15-20,25-28H2,2H3,(H,44,49)(H,45,50)/t37-,38-,41?/m0/s1. The van der Waals surface area contributed by atoms with Gasteiger partial charge in [0.2, 0.25) is 15.7 Å². The number of carbonyl (C=O) groups excluding carboxylic acids is 2. The van der Waals surface area contributed by atoms with Crippen molar-refractivity contribution in [3.05, 3.63) is 91.0 Å². The smallest absolute Gasteiger partial charge is 0.407 e. The zero-order valence-electron chi connectivity index (χ0n) is 31.0. The van der Waals surface area contributed by atoms with Crippen molar-refractivity contribution < 1.29 is 27.1 Å². The summed E-state index contributed by atoms with van der Waals surface area (Å²) in [7, 11) is -2.42. The molecule has 288 valence electrons. The van der Waals surface area contributed by atoms with Crippen LogP contribution in [0.4, 0.5) is 20.6 Å². The summed E-state index contributed by atoms with van der Waals surface area (Å²) in [5.41, 5.74) is 2.03. The highest BCUT2D eigenvalue weighted by Gasteiger charge is 2.53. The molecule has 11 nitrogen and oxygen atoms in total. The first-order valence-corrected chi connectivity index (χ1v) is 20.6. The topological polar surface area (TPSA) is 124 Å². The Bertz CT molecular complexity index is 1930. The molecule has 0 spiro atoms. The number of hydrogen-bond acceptors (Lipinski definition) is 9. The quantitative estimate of drug-likeness (QED) is 0.218. The number of carbonyl (C=O) groups is 2. The van der Waals surface area contributed by atoms with E-state index in [9.17, 15) is 22.4 Å². The van der Waals surface area contributed by atoms with Crippen molar-refractivity contribution in [2.75, 3.05) is 69.7 Å². The monoisotopic (exact) mass is 758 g/mol. The summed E-state index contributed by atoms with van der Waals surface area (Å²) < 4.78 is 46.7. The minimum absolute atomic E-state index is 0.000427. The highest BCUT2D eigenvalue weighted by Crippen LogP contribution is 2.51. The summed E-state index contributed by atoms with van der Waals surface area (Å²) in [5.74, 6) is 0.374. The third-order valence-electron chi connectivity index (χ3n) is 12.2. The predicted octanol–water partition coefficient (Wildman–Crippen LogP) is 5.49. The summed E-state index contributed by atoms with van der Waals surface area (Å²) in [6.07, 6.45) is 9.49. The molecule has 4 heterocycles. The van der Waals surface area contributed by atoms with Crippen molar-refractivity contribution in [3.63, 3.8) is 0 Å². The van der Waals surface area contributed by atoms with Crippen LogP contribution in [0.25, 0.3) is 0 Å². The second kappa shape index (κ2) is 16.2. The van der Waals surface area contributed by atoms with Gasteiger partial charge in [-0.25, -0.2) is 17.6 Å². The Morgan fingerprint density at radius 3 is 2.39 bits per heavy atom. The molecule has 3 atom stereocenters. The number of rotatable bonds is 13. The summed E-state index contributed by atoms with van der Waals surface area (Å²) in [5, 5.41) is 5.73. The fourth-order valence-corrected chi connectivity index (χ4v) is 10.7. The number of sulfone groups is 1. The molecule has 13 heteroatoms. The van der Waals surface area contributed by atoms with Crippen LogP contribution in [0.2, 0.25) is 0 Å². The number of alkyl carbamates (subject to hydrolysis) is 1. The van der Waals surface area contributed by atoms with Gasteiger partial charge in [0, 0.05) is 55.4 Å². The maximum atomic E-state index is 15.0. The third kappa shape index (κ3) is 7.90. The van der Waals surface area contributed by atoms with E-state index in [1.54, 1.807) is 18.2 Å². The molecule has 2 aromatic carbocycles. The minimum atomic E-state index is -3.83. The van der Waals surface area contributed by atoms with E-state index in [0.717, 1.165) is 102 Å². The molecule has 2 amide bonds. The molecule has 4 aliphatic rings. The van der Waals surface area contributed by atoms with Gasteiger partial charge in [0.15, 0.2) is 0 Å². The fraction of sp³-hybridized carbons (Fsp3) is 0.488. The van der Waals surface area contributed by atoms with Crippen LogP contribution >= 0.6 is 0 Å². The van der Waals surface area contributed by atoms with E-state index in [2.05, 4.69) is 43.0 Å². The number of amides is 2. The highest BCUT2D eigenvalue weighted by molar-refractivity contribution is 7.91. The second-order valence-electron chi connectivity index (χ2n) is 15.4. The summed E-state index contributed by atoms with van der Waals surface area (Å²) >= 11 is 0. The number of anilines is 2. The lowest BCUT2D eigenvalue weighted by molar-refractivity contribution is -0.111. The SMILES string of the molecule is C=CC(=O)Nc1cncc(S(=O)(=O)c2ccc(N3CC(CN4CCC(C(CN5CCC5)(c5cccc(F)c5)[C@H]5CCC[C@@H]5NC(=O)OC)CC4)C3)cc2)c1. The number of methoxy groups -OCH3 is 1. The summed E-state index contributed by atoms with van der Waals surface area (Å²) in [6.45, 7) is 11.1. The lowest BCUT2D eigenvalue weighted by Gasteiger charge is -2.54. The molecule has 3 saturated heterocycles. The first kappa shape index (κ1) is 38.0. The van der Waals surface area contributed by atoms with Crippen molar-refractivity contribution >= 4 is 33.2 Å². The number of pyridine rings is 1. The van der Waals surface area contributed by atoms with E-state index >= 15 is 0 Å². The van der Waals surface area contributed by atoms with E-state index in [0.29, 0.717) is 11.8 Å². The molecule has 3 aromatic rings. The average molecular weight is 759 g/mol. The first-order valence-electron chi connectivity index (χ1n) is 19.1. The number of halogens is 1.